The number of rotatable bonds is 12. The van der Waals surface area contributed by atoms with Crippen LogP contribution < -0.4 is 21.3 Å². The van der Waals surface area contributed by atoms with Gasteiger partial charge in [0.25, 0.3) is 11.8 Å². The number of hydrogen-bond donors (Lipinski definition) is 4. The van der Waals surface area contributed by atoms with Crippen LogP contribution in [0.5, 0.6) is 0 Å². The number of amides is 4. The second kappa shape index (κ2) is 15.6. The van der Waals surface area contributed by atoms with Crippen molar-refractivity contribution in [2.75, 3.05) is 10.6 Å². The third-order valence-corrected chi connectivity index (χ3v) is 7.11. The van der Waals surface area contributed by atoms with E-state index in [4.69, 9.17) is 0 Å². The van der Waals surface area contributed by atoms with Gasteiger partial charge in [0.1, 0.15) is 23.5 Å². The van der Waals surface area contributed by atoms with Crippen LogP contribution in [0.1, 0.15) is 32.1 Å². The van der Waals surface area contributed by atoms with E-state index >= 15 is 0 Å². The van der Waals surface area contributed by atoms with E-state index in [0.717, 1.165) is 11.1 Å². The Morgan fingerprint density at radius 3 is 1.17 bits per heavy atom. The molecule has 0 aliphatic heterocycles. The fourth-order valence-electron chi connectivity index (χ4n) is 4.77. The second-order valence-corrected chi connectivity index (χ2v) is 10.6. The average molecular weight is 612 g/mol. The normalized spacial score (nSPS) is 11.8. The SMILES string of the molecule is O=C(N[C@@H](Cc1ccccc1)C(=O)Nc1ccccc1)c1cccc(C(=O)N[C@@H](Cc2ccccc2)C(=O)Nc2ccccc2)n1. The van der Waals surface area contributed by atoms with Gasteiger partial charge in [-0.15, -0.1) is 0 Å². The first kappa shape index (κ1) is 31.3. The Balaban J connectivity index is 1.31. The maximum absolute atomic E-state index is 13.4. The lowest BCUT2D eigenvalue weighted by Crippen LogP contribution is -2.46. The van der Waals surface area contributed by atoms with Crippen LogP contribution in [0.25, 0.3) is 0 Å². The number of anilines is 2. The molecule has 1 heterocycles. The molecule has 4 aromatic carbocycles. The number of aromatic nitrogens is 1. The molecule has 5 aromatic rings. The summed E-state index contributed by atoms with van der Waals surface area (Å²) >= 11 is 0. The molecule has 2 atom stereocenters. The van der Waals surface area contributed by atoms with Gasteiger partial charge < -0.3 is 21.3 Å². The number of nitrogens with zero attached hydrogens (tertiary/aromatic N) is 1. The minimum Gasteiger partial charge on any atom is -0.339 e. The number of nitrogens with one attached hydrogen (secondary N) is 4. The van der Waals surface area contributed by atoms with Crippen LogP contribution in [-0.2, 0) is 22.4 Å². The number of pyridine rings is 1. The van der Waals surface area contributed by atoms with Crippen LogP contribution in [0, 0.1) is 0 Å². The van der Waals surface area contributed by atoms with E-state index in [9.17, 15) is 19.2 Å². The molecule has 0 aliphatic rings. The van der Waals surface area contributed by atoms with Crippen LogP contribution in [0.4, 0.5) is 11.4 Å². The largest absolute Gasteiger partial charge is 0.339 e. The van der Waals surface area contributed by atoms with Crippen LogP contribution in [0.2, 0.25) is 0 Å². The van der Waals surface area contributed by atoms with Crippen molar-refractivity contribution in [3.05, 3.63) is 162 Å². The van der Waals surface area contributed by atoms with E-state index in [2.05, 4.69) is 26.3 Å². The average Bonchev–Trinajstić information content (AvgIpc) is 3.09. The summed E-state index contributed by atoms with van der Waals surface area (Å²) in [4.78, 5) is 57.7. The smallest absolute Gasteiger partial charge is 0.270 e. The van der Waals surface area contributed by atoms with Crippen molar-refractivity contribution in [3.8, 4) is 0 Å². The monoisotopic (exact) mass is 611 g/mol. The van der Waals surface area contributed by atoms with Gasteiger partial charge in [-0.2, -0.15) is 0 Å². The molecule has 5 rings (SSSR count). The summed E-state index contributed by atoms with van der Waals surface area (Å²) in [5.74, 6) is -2.04. The molecular weight excluding hydrogens is 578 g/mol. The lowest BCUT2D eigenvalue weighted by atomic mass is 10.0. The van der Waals surface area contributed by atoms with E-state index in [1.54, 1.807) is 48.5 Å². The summed E-state index contributed by atoms with van der Waals surface area (Å²) in [6.07, 6.45) is 0.478. The molecule has 4 amide bonds. The fraction of sp³-hybridized carbons (Fsp3) is 0.108. The molecule has 0 unspecified atom stereocenters. The number of para-hydroxylation sites is 2. The molecule has 9 heteroatoms. The van der Waals surface area contributed by atoms with E-state index in [1.807, 2.05) is 72.8 Å². The summed E-state index contributed by atoms with van der Waals surface area (Å²) < 4.78 is 0. The molecule has 0 fully saturated rings. The summed E-state index contributed by atoms with van der Waals surface area (Å²) in [7, 11) is 0. The topological polar surface area (TPSA) is 129 Å². The number of hydrogen-bond acceptors (Lipinski definition) is 5. The molecule has 9 nitrogen and oxygen atoms in total. The molecule has 0 spiro atoms. The highest BCUT2D eigenvalue weighted by atomic mass is 16.2. The fourth-order valence-corrected chi connectivity index (χ4v) is 4.77. The van der Waals surface area contributed by atoms with E-state index in [-0.39, 0.29) is 24.2 Å². The Hall–Kier alpha value is -6.09. The van der Waals surface area contributed by atoms with Crippen molar-refractivity contribution in [3.63, 3.8) is 0 Å². The van der Waals surface area contributed by atoms with Crippen LogP contribution in [0.3, 0.4) is 0 Å². The Bertz CT molecular complexity index is 1640. The van der Waals surface area contributed by atoms with Crippen molar-refractivity contribution in [1.82, 2.24) is 15.6 Å². The quantitative estimate of drug-likeness (QED) is 0.157. The molecular formula is C37H33N5O4. The lowest BCUT2D eigenvalue weighted by molar-refractivity contribution is -0.118. The van der Waals surface area contributed by atoms with Gasteiger partial charge in [0.15, 0.2) is 0 Å². The zero-order valence-electron chi connectivity index (χ0n) is 24.9. The van der Waals surface area contributed by atoms with Crippen molar-refractivity contribution in [2.24, 2.45) is 0 Å². The Morgan fingerprint density at radius 1 is 0.457 bits per heavy atom. The van der Waals surface area contributed by atoms with E-state index < -0.39 is 35.7 Å². The Morgan fingerprint density at radius 2 is 0.804 bits per heavy atom. The van der Waals surface area contributed by atoms with Crippen LogP contribution >= 0.6 is 0 Å². The highest BCUT2D eigenvalue weighted by Gasteiger charge is 2.25. The molecule has 0 saturated heterocycles. The van der Waals surface area contributed by atoms with Gasteiger partial charge in [0, 0.05) is 24.2 Å². The lowest BCUT2D eigenvalue weighted by Gasteiger charge is -2.20. The van der Waals surface area contributed by atoms with Gasteiger partial charge in [-0.05, 0) is 47.5 Å². The maximum atomic E-state index is 13.4. The third kappa shape index (κ3) is 8.96. The summed E-state index contributed by atoms with van der Waals surface area (Å²) in [5, 5.41) is 11.2. The number of benzene rings is 4. The highest BCUT2D eigenvalue weighted by molar-refractivity contribution is 6.03. The van der Waals surface area contributed by atoms with Gasteiger partial charge in [-0.1, -0.05) is 103 Å². The first-order chi connectivity index (χ1) is 22.4. The third-order valence-electron chi connectivity index (χ3n) is 7.11. The van der Waals surface area contributed by atoms with Crippen molar-refractivity contribution in [1.29, 1.82) is 0 Å². The minimum atomic E-state index is -0.925. The van der Waals surface area contributed by atoms with Gasteiger partial charge in [0.2, 0.25) is 11.8 Å². The zero-order chi connectivity index (χ0) is 32.1. The predicted octanol–water partition coefficient (Wildman–Crippen LogP) is 5.04. The zero-order valence-corrected chi connectivity index (χ0v) is 24.9. The van der Waals surface area contributed by atoms with E-state index in [1.165, 1.54) is 18.2 Å². The molecule has 46 heavy (non-hydrogen) atoms. The van der Waals surface area contributed by atoms with Crippen molar-refractivity contribution in [2.45, 2.75) is 24.9 Å². The van der Waals surface area contributed by atoms with Crippen LogP contribution in [0.15, 0.2) is 140 Å². The molecule has 0 aliphatic carbocycles. The summed E-state index contributed by atoms with van der Waals surface area (Å²) in [6, 6.07) is 39.2. The predicted molar refractivity (Wildman–Crippen MR) is 177 cm³/mol. The minimum absolute atomic E-state index is 0.0495. The van der Waals surface area contributed by atoms with Gasteiger partial charge in [-0.25, -0.2) is 4.98 Å². The number of carbonyl (C=O) groups excluding carboxylic acids is 4. The summed E-state index contributed by atoms with van der Waals surface area (Å²) in [6.45, 7) is 0. The first-order valence-corrected chi connectivity index (χ1v) is 14.8. The molecule has 4 N–H and O–H groups in total. The standard InChI is InChI=1S/C37H33N5O4/c43-34(41-32(24-26-14-5-1-6-15-26)36(45)38-28-18-9-3-10-19-28)30-22-13-23-31(40-30)35(44)42-33(25-27-16-7-2-8-17-27)37(46)39-29-20-11-4-12-21-29/h1-23,32-33H,24-25H2,(H,38,45)(H,39,46)(H,41,43)(H,42,44)/t32-,33-/m0/s1. The van der Waals surface area contributed by atoms with Gasteiger partial charge in [0.05, 0.1) is 0 Å². The molecule has 0 bridgehead atoms. The van der Waals surface area contributed by atoms with Crippen LogP contribution in [-0.4, -0.2) is 40.7 Å². The Labute approximate surface area is 267 Å². The first-order valence-electron chi connectivity index (χ1n) is 14.8. The second-order valence-electron chi connectivity index (χ2n) is 10.6. The van der Waals surface area contributed by atoms with Crippen molar-refractivity contribution >= 4 is 35.0 Å². The van der Waals surface area contributed by atoms with Crippen molar-refractivity contribution < 1.29 is 19.2 Å². The van der Waals surface area contributed by atoms with E-state index in [0.29, 0.717) is 11.4 Å². The summed E-state index contributed by atoms with van der Waals surface area (Å²) in [5.41, 5.74) is 2.81. The Kier molecular flexibility index (Phi) is 10.6. The molecule has 0 saturated carbocycles. The molecule has 1 aromatic heterocycles. The number of carbonyl (C=O) groups is 4. The van der Waals surface area contributed by atoms with Gasteiger partial charge >= 0.3 is 0 Å². The molecule has 230 valence electrons. The molecule has 0 radical (unpaired) electrons. The maximum Gasteiger partial charge on any atom is 0.270 e. The highest BCUT2D eigenvalue weighted by Crippen LogP contribution is 2.12. The van der Waals surface area contributed by atoms with Gasteiger partial charge in [-0.3, -0.25) is 19.2 Å².